The lowest BCUT2D eigenvalue weighted by molar-refractivity contribution is -0.145. The molecule has 0 aliphatic heterocycles. The number of halogens is 3. The molecule has 0 aromatic heterocycles. The van der Waals surface area contributed by atoms with Crippen LogP contribution in [0.25, 0.3) is 11.1 Å². The summed E-state index contributed by atoms with van der Waals surface area (Å²) in [7, 11) is -7.33. The molecule has 2 aromatic rings. The van der Waals surface area contributed by atoms with Gasteiger partial charge in [0.2, 0.25) is 10.0 Å². The number of hydrogen-bond acceptors (Lipinski definition) is 6. The number of sulfone groups is 1. The largest absolute Gasteiger partial charge is 0.481 e. The highest BCUT2D eigenvalue weighted by Crippen LogP contribution is 2.42. The first-order chi connectivity index (χ1) is 15.2. The van der Waals surface area contributed by atoms with Gasteiger partial charge < -0.3 is 9.84 Å². The van der Waals surface area contributed by atoms with Gasteiger partial charge in [0.1, 0.15) is 0 Å². The van der Waals surface area contributed by atoms with Crippen LogP contribution in [0.1, 0.15) is 18.4 Å². The summed E-state index contributed by atoms with van der Waals surface area (Å²) in [5, 5.41) is 12.9. The smallest absolute Gasteiger partial charge is 0.417 e. The van der Waals surface area contributed by atoms with Gasteiger partial charge in [-0.25, -0.2) is 22.0 Å². The van der Waals surface area contributed by atoms with Crippen LogP contribution in [0.3, 0.4) is 0 Å². The Labute approximate surface area is 188 Å². The molecular weight excluding hydrogens is 487 g/mol. The molecule has 1 saturated carbocycles. The van der Waals surface area contributed by atoms with Crippen LogP contribution >= 0.6 is 0 Å². The van der Waals surface area contributed by atoms with E-state index in [4.69, 9.17) is 9.88 Å². The zero-order valence-corrected chi connectivity index (χ0v) is 18.7. The summed E-state index contributed by atoms with van der Waals surface area (Å²) in [5.41, 5.74) is -1.18. The molecular formula is C20H20F3NO7S2. The van der Waals surface area contributed by atoms with Gasteiger partial charge >= 0.3 is 12.1 Å². The Morgan fingerprint density at radius 2 is 1.61 bits per heavy atom. The molecule has 0 amide bonds. The predicted octanol–water partition coefficient (Wildman–Crippen LogP) is 2.67. The van der Waals surface area contributed by atoms with Crippen LogP contribution in [0.2, 0.25) is 0 Å². The van der Waals surface area contributed by atoms with Crippen molar-refractivity contribution in [2.24, 2.45) is 11.1 Å². The number of nitrogens with two attached hydrogens (primary N) is 1. The van der Waals surface area contributed by atoms with E-state index in [-0.39, 0.29) is 28.9 Å². The highest BCUT2D eigenvalue weighted by Gasteiger charge is 2.47. The maximum absolute atomic E-state index is 13.9. The summed E-state index contributed by atoms with van der Waals surface area (Å²) in [6, 6.07) is 7.41. The van der Waals surface area contributed by atoms with Gasteiger partial charge in [-0.3, -0.25) is 4.79 Å². The predicted molar refractivity (Wildman–Crippen MR) is 110 cm³/mol. The number of sulfonamides is 1. The van der Waals surface area contributed by atoms with Crippen LogP contribution in [-0.4, -0.2) is 46.4 Å². The fourth-order valence-corrected chi connectivity index (χ4v) is 6.44. The average molecular weight is 508 g/mol. The maximum atomic E-state index is 13.9. The molecule has 2 aromatic carbocycles. The lowest BCUT2D eigenvalue weighted by atomic mass is 10.0. The molecule has 1 fully saturated rings. The van der Waals surface area contributed by atoms with Crippen LogP contribution in [0.15, 0.2) is 52.3 Å². The summed E-state index contributed by atoms with van der Waals surface area (Å²) in [6.45, 7) is 0. The fourth-order valence-electron chi connectivity index (χ4n) is 3.92. The van der Waals surface area contributed by atoms with Gasteiger partial charge in [0.25, 0.3) is 0 Å². The highest BCUT2D eigenvalue weighted by molar-refractivity contribution is 7.92. The number of rotatable bonds is 6. The zero-order valence-electron chi connectivity index (χ0n) is 17.1. The van der Waals surface area contributed by atoms with Gasteiger partial charge in [0, 0.05) is 7.11 Å². The topological polar surface area (TPSA) is 141 Å². The van der Waals surface area contributed by atoms with E-state index in [1.807, 2.05) is 0 Å². The molecule has 0 radical (unpaired) electrons. The number of primary sulfonamides is 1. The second kappa shape index (κ2) is 8.70. The SMILES string of the molecule is CO[C@H]1C[C@@H](S(=O)(=O)c2ccc(-c3ccc(S(N)(=O)=O)cc3)cc2C(F)(F)F)C[C@@H]1C(=O)O. The average Bonchev–Trinajstić information content (AvgIpc) is 3.18. The Hall–Kier alpha value is -2.48. The number of carboxylic acid groups (broad SMARTS) is 1. The van der Waals surface area contributed by atoms with E-state index in [2.05, 4.69) is 0 Å². The first kappa shape index (κ1) is 25.1. The van der Waals surface area contributed by atoms with Crippen molar-refractivity contribution in [2.45, 2.75) is 40.2 Å². The van der Waals surface area contributed by atoms with Crippen LogP contribution < -0.4 is 5.14 Å². The minimum Gasteiger partial charge on any atom is -0.481 e. The van der Waals surface area contributed by atoms with Gasteiger partial charge in [0.05, 0.1) is 32.6 Å². The minimum absolute atomic E-state index is 0.00634. The van der Waals surface area contributed by atoms with Crippen LogP contribution in [0.4, 0.5) is 13.2 Å². The normalized spacial score (nSPS) is 21.8. The van der Waals surface area contributed by atoms with E-state index in [9.17, 15) is 39.9 Å². The van der Waals surface area contributed by atoms with Gasteiger partial charge in [-0.05, 0) is 48.2 Å². The van der Waals surface area contributed by atoms with Gasteiger partial charge in [-0.15, -0.1) is 0 Å². The van der Waals surface area contributed by atoms with Gasteiger partial charge in [-0.1, -0.05) is 18.2 Å². The van der Waals surface area contributed by atoms with E-state index < -0.39 is 59.7 Å². The molecule has 3 rings (SSSR count). The second-order valence-electron chi connectivity index (χ2n) is 7.64. The van der Waals surface area contributed by atoms with Crippen molar-refractivity contribution in [3.05, 3.63) is 48.0 Å². The van der Waals surface area contributed by atoms with E-state index in [1.165, 1.54) is 25.3 Å². The Morgan fingerprint density at radius 3 is 2.06 bits per heavy atom. The molecule has 180 valence electrons. The molecule has 0 saturated heterocycles. The summed E-state index contributed by atoms with van der Waals surface area (Å²) >= 11 is 0. The number of aliphatic carboxylic acids is 1. The zero-order chi connectivity index (χ0) is 24.8. The molecule has 0 heterocycles. The number of benzene rings is 2. The number of carbonyl (C=O) groups is 1. The summed E-state index contributed by atoms with van der Waals surface area (Å²) < 4.78 is 95.5. The maximum Gasteiger partial charge on any atom is 0.417 e. The lowest BCUT2D eigenvalue weighted by Gasteiger charge is -2.18. The first-order valence-electron chi connectivity index (χ1n) is 9.50. The molecule has 1 aliphatic rings. The number of methoxy groups -OCH3 is 1. The van der Waals surface area contributed by atoms with Crippen molar-refractivity contribution in [2.75, 3.05) is 7.11 Å². The standard InChI is InChI=1S/C20H20F3NO7S2/c1-31-17-10-14(9-15(17)19(25)26)32(27,28)18-7-4-12(8-16(18)20(21,22)23)11-2-5-13(6-3-11)33(24,29)30/h2-8,14-15,17H,9-10H2,1H3,(H,25,26)(H2,24,29,30)/t14-,15-,17-/m0/s1. The summed E-state index contributed by atoms with van der Waals surface area (Å²) in [6.07, 6.45) is -6.58. The Morgan fingerprint density at radius 1 is 1.03 bits per heavy atom. The van der Waals surface area contributed by atoms with E-state index in [0.29, 0.717) is 6.07 Å². The summed E-state index contributed by atoms with van der Waals surface area (Å²) in [4.78, 5) is 10.2. The van der Waals surface area contributed by atoms with Gasteiger partial charge in [-0.2, -0.15) is 13.2 Å². The number of ether oxygens (including phenoxy) is 1. The fraction of sp³-hybridized carbons (Fsp3) is 0.350. The Bertz CT molecular complexity index is 1270. The number of alkyl halides is 3. The van der Waals surface area contributed by atoms with E-state index in [1.54, 1.807) is 0 Å². The number of hydrogen-bond donors (Lipinski definition) is 2. The van der Waals surface area contributed by atoms with Crippen molar-refractivity contribution in [3.8, 4) is 11.1 Å². The van der Waals surface area contributed by atoms with Crippen molar-refractivity contribution in [3.63, 3.8) is 0 Å². The van der Waals surface area contributed by atoms with Crippen molar-refractivity contribution in [1.29, 1.82) is 0 Å². The van der Waals surface area contributed by atoms with Crippen molar-refractivity contribution < 1.29 is 44.6 Å². The quantitative estimate of drug-likeness (QED) is 0.612. The molecule has 3 N–H and O–H groups in total. The molecule has 3 atom stereocenters. The number of carboxylic acids is 1. The van der Waals surface area contributed by atoms with Crippen LogP contribution in [-0.2, 0) is 35.6 Å². The third-order valence-corrected chi connectivity index (χ3v) is 8.79. The second-order valence-corrected chi connectivity index (χ2v) is 11.4. The lowest BCUT2D eigenvalue weighted by Crippen LogP contribution is -2.24. The molecule has 0 unspecified atom stereocenters. The molecule has 0 bridgehead atoms. The van der Waals surface area contributed by atoms with Crippen LogP contribution in [0, 0.1) is 5.92 Å². The minimum atomic E-state index is -5.02. The van der Waals surface area contributed by atoms with Crippen molar-refractivity contribution in [1.82, 2.24) is 0 Å². The van der Waals surface area contributed by atoms with Crippen molar-refractivity contribution >= 4 is 25.8 Å². The van der Waals surface area contributed by atoms with E-state index >= 15 is 0 Å². The molecule has 0 spiro atoms. The molecule has 33 heavy (non-hydrogen) atoms. The highest BCUT2D eigenvalue weighted by atomic mass is 32.2. The van der Waals surface area contributed by atoms with Gasteiger partial charge in [0.15, 0.2) is 9.84 Å². The first-order valence-corrected chi connectivity index (χ1v) is 12.6. The Kier molecular flexibility index (Phi) is 6.63. The van der Waals surface area contributed by atoms with Crippen LogP contribution in [0.5, 0.6) is 0 Å². The third kappa shape index (κ3) is 5.05. The molecule has 1 aliphatic carbocycles. The molecule has 8 nitrogen and oxygen atoms in total. The monoisotopic (exact) mass is 507 g/mol. The summed E-state index contributed by atoms with van der Waals surface area (Å²) in [5.74, 6) is -2.44. The van der Waals surface area contributed by atoms with E-state index in [0.717, 1.165) is 18.2 Å². The molecule has 13 heteroatoms. The third-order valence-electron chi connectivity index (χ3n) is 5.63. The Balaban J connectivity index is 2.06.